The van der Waals surface area contributed by atoms with Gasteiger partial charge in [0.25, 0.3) is 5.69 Å². The fraction of sp³-hybridized carbons (Fsp3) is 0.462. The number of carbonyl (C=O) groups excluding carboxylic acids is 1. The summed E-state index contributed by atoms with van der Waals surface area (Å²) in [5.74, 6) is -0.332. The number of carbonyl (C=O) groups is 1. The van der Waals surface area contributed by atoms with E-state index in [4.69, 9.17) is 9.47 Å². The molecule has 0 aromatic heterocycles. The van der Waals surface area contributed by atoms with Gasteiger partial charge in [0, 0.05) is 18.7 Å². The van der Waals surface area contributed by atoms with Crippen molar-refractivity contribution in [3.63, 3.8) is 0 Å². The van der Waals surface area contributed by atoms with Crippen LogP contribution in [0.15, 0.2) is 24.3 Å². The number of rotatable bonds is 4. The van der Waals surface area contributed by atoms with Crippen LogP contribution in [0.3, 0.4) is 0 Å². The van der Waals surface area contributed by atoms with Gasteiger partial charge in [-0.15, -0.1) is 0 Å². The molecule has 0 N–H and O–H groups in total. The van der Waals surface area contributed by atoms with E-state index in [1.165, 1.54) is 12.1 Å². The number of hydrogen-bond donors (Lipinski definition) is 0. The zero-order valence-corrected chi connectivity index (χ0v) is 10.6. The highest BCUT2D eigenvalue weighted by Crippen LogP contribution is 2.35. The number of esters is 1. The Morgan fingerprint density at radius 1 is 1.47 bits per heavy atom. The summed E-state index contributed by atoms with van der Waals surface area (Å²) in [6.45, 7) is 2.78. The summed E-state index contributed by atoms with van der Waals surface area (Å²) >= 11 is 0. The third-order valence-corrected chi connectivity index (χ3v) is 3.32. The molecule has 0 saturated carbocycles. The number of nitro groups is 1. The Kier molecular flexibility index (Phi) is 3.80. The van der Waals surface area contributed by atoms with Gasteiger partial charge in [0.2, 0.25) is 0 Å². The molecule has 1 saturated heterocycles. The second-order valence-electron chi connectivity index (χ2n) is 4.41. The second kappa shape index (κ2) is 5.36. The summed E-state index contributed by atoms with van der Waals surface area (Å²) in [5, 5.41) is 10.6. The highest BCUT2D eigenvalue weighted by atomic mass is 16.6. The van der Waals surface area contributed by atoms with Gasteiger partial charge in [0.05, 0.1) is 18.1 Å². The van der Waals surface area contributed by atoms with Crippen molar-refractivity contribution in [1.29, 1.82) is 0 Å². The standard InChI is InChI=1S/C13H15NO5/c1-2-19-12(15)13(7-8-18-9-13)10-3-5-11(6-4-10)14(16)17/h3-6H,2,7-9H2,1H3. The molecule has 0 amide bonds. The van der Waals surface area contributed by atoms with Gasteiger partial charge >= 0.3 is 5.97 Å². The number of nitrogens with zero attached hydrogens (tertiary/aromatic N) is 1. The van der Waals surface area contributed by atoms with Gasteiger partial charge in [0.1, 0.15) is 5.41 Å². The summed E-state index contributed by atoms with van der Waals surface area (Å²) in [7, 11) is 0. The normalized spacial score (nSPS) is 22.2. The SMILES string of the molecule is CCOC(=O)C1(c2ccc([N+](=O)[O-])cc2)CCOC1. The van der Waals surface area contributed by atoms with Crippen LogP contribution in [0, 0.1) is 10.1 Å². The molecule has 6 heteroatoms. The molecule has 1 heterocycles. The Bertz CT molecular complexity index is 476. The maximum Gasteiger partial charge on any atom is 0.319 e. The highest BCUT2D eigenvalue weighted by Gasteiger charge is 2.45. The molecule has 0 spiro atoms. The molecule has 0 bridgehead atoms. The van der Waals surface area contributed by atoms with E-state index in [0.29, 0.717) is 25.2 Å². The van der Waals surface area contributed by atoms with Crippen molar-refractivity contribution >= 4 is 11.7 Å². The summed E-state index contributed by atoms with van der Waals surface area (Å²) in [6, 6.07) is 6.00. The van der Waals surface area contributed by atoms with Crippen LogP contribution < -0.4 is 0 Å². The van der Waals surface area contributed by atoms with Gasteiger partial charge in [-0.05, 0) is 18.9 Å². The van der Waals surface area contributed by atoms with E-state index >= 15 is 0 Å². The van der Waals surface area contributed by atoms with Gasteiger partial charge in [-0.1, -0.05) is 12.1 Å². The Labute approximate surface area is 110 Å². The largest absolute Gasteiger partial charge is 0.465 e. The van der Waals surface area contributed by atoms with Gasteiger partial charge in [0.15, 0.2) is 0 Å². The number of ether oxygens (including phenoxy) is 2. The second-order valence-corrected chi connectivity index (χ2v) is 4.41. The predicted octanol–water partition coefficient (Wildman–Crippen LogP) is 1.82. The molecule has 6 nitrogen and oxygen atoms in total. The summed E-state index contributed by atoms with van der Waals surface area (Å²) in [4.78, 5) is 22.3. The topological polar surface area (TPSA) is 78.7 Å². The quantitative estimate of drug-likeness (QED) is 0.471. The van der Waals surface area contributed by atoms with Gasteiger partial charge in [-0.25, -0.2) is 0 Å². The van der Waals surface area contributed by atoms with Crippen molar-refractivity contribution in [1.82, 2.24) is 0 Å². The fourth-order valence-corrected chi connectivity index (χ4v) is 2.24. The molecule has 102 valence electrons. The van der Waals surface area contributed by atoms with Crippen LogP contribution in [0.25, 0.3) is 0 Å². The minimum Gasteiger partial charge on any atom is -0.465 e. The first-order valence-electron chi connectivity index (χ1n) is 6.10. The van der Waals surface area contributed by atoms with Crippen LogP contribution in [0.5, 0.6) is 0 Å². The first-order valence-corrected chi connectivity index (χ1v) is 6.10. The van der Waals surface area contributed by atoms with Crippen LogP contribution >= 0.6 is 0 Å². The summed E-state index contributed by atoms with van der Waals surface area (Å²) in [5.41, 5.74) is -0.124. The molecule has 1 aromatic rings. The van der Waals surface area contributed by atoms with Crippen molar-refractivity contribution in [2.75, 3.05) is 19.8 Å². The van der Waals surface area contributed by atoms with Gasteiger partial charge < -0.3 is 9.47 Å². The molecule has 1 fully saturated rings. The zero-order valence-electron chi connectivity index (χ0n) is 10.6. The Balaban J connectivity index is 2.34. The first kappa shape index (κ1) is 13.5. The monoisotopic (exact) mass is 265 g/mol. The molecular weight excluding hydrogens is 250 g/mol. The maximum atomic E-state index is 12.2. The average Bonchev–Trinajstić information content (AvgIpc) is 2.90. The minimum absolute atomic E-state index is 0.00155. The van der Waals surface area contributed by atoms with E-state index in [0.717, 1.165) is 0 Å². The summed E-state index contributed by atoms with van der Waals surface area (Å²) in [6.07, 6.45) is 0.531. The van der Waals surface area contributed by atoms with E-state index in [1.807, 2.05) is 0 Å². The number of nitro benzene ring substituents is 1. The third kappa shape index (κ3) is 2.44. The third-order valence-electron chi connectivity index (χ3n) is 3.32. The maximum absolute atomic E-state index is 12.2. The lowest BCUT2D eigenvalue weighted by molar-refractivity contribution is -0.384. The van der Waals surface area contributed by atoms with Crippen LogP contribution in [0.2, 0.25) is 0 Å². The van der Waals surface area contributed by atoms with E-state index in [-0.39, 0.29) is 18.3 Å². The van der Waals surface area contributed by atoms with Crippen LogP contribution in [0.4, 0.5) is 5.69 Å². The minimum atomic E-state index is -0.828. The number of hydrogen-bond acceptors (Lipinski definition) is 5. The smallest absolute Gasteiger partial charge is 0.319 e. The van der Waals surface area contributed by atoms with Crippen LogP contribution in [0.1, 0.15) is 18.9 Å². The molecule has 2 rings (SSSR count). The molecule has 1 aromatic carbocycles. The van der Waals surface area contributed by atoms with Crippen molar-refractivity contribution in [2.24, 2.45) is 0 Å². The molecule has 1 aliphatic rings. The Morgan fingerprint density at radius 3 is 2.63 bits per heavy atom. The number of benzene rings is 1. The lowest BCUT2D eigenvalue weighted by atomic mass is 9.80. The lowest BCUT2D eigenvalue weighted by Gasteiger charge is -2.25. The van der Waals surface area contributed by atoms with E-state index < -0.39 is 10.3 Å². The average molecular weight is 265 g/mol. The number of non-ortho nitro benzene ring substituents is 1. The van der Waals surface area contributed by atoms with Crippen LogP contribution in [-0.2, 0) is 19.7 Å². The van der Waals surface area contributed by atoms with Gasteiger partial charge in [-0.2, -0.15) is 0 Å². The summed E-state index contributed by atoms with van der Waals surface area (Å²) < 4.78 is 10.4. The molecule has 1 aliphatic heterocycles. The van der Waals surface area contributed by atoms with Crippen molar-refractivity contribution in [3.8, 4) is 0 Å². The fourth-order valence-electron chi connectivity index (χ4n) is 2.24. The van der Waals surface area contributed by atoms with Crippen molar-refractivity contribution in [2.45, 2.75) is 18.8 Å². The van der Waals surface area contributed by atoms with Gasteiger partial charge in [-0.3, -0.25) is 14.9 Å². The molecule has 1 atom stereocenters. The zero-order chi connectivity index (χ0) is 13.9. The van der Waals surface area contributed by atoms with Crippen LogP contribution in [-0.4, -0.2) is 30.7 Å². The predicted molar refractivity (Wildman–Crippen MR) is 66.8 cm³/mol. The molecule has 19 heavy (non-hydrogen) atoms. The Hall–Kier alpha value is -1.95. The molecule has 0 radical (unpaired) electrons. The van der Waals surface area contributed by atoms with Crippen molar-refractivity contribution < 1.29 is 19.2 Å². The van der Waals surface area contributed by atoms with Crippen molar-refractivity contribution in [3.05, 3.63) is 39.9 Å². The van der Waals surface area contributed by atoms with E-state index in [9.17, 15) is 14.9 Å². The molecular formula is C13H15NO5. The highest BCUT2D eigenvalue weighted by molar-refractivity contribution is 5.84. The lowest BCUT2D eigenvalue weighted by Crippen LogP contribution is -2.38. The Morgan fingerprint density at radius 2 is 2.16 bits per heavy atom. The molecule has 0 aliphatic carbocycles. The molecule has 1 unspecified atom stereocenters. The van der Waals surface area contributed by atoms with E-state index in [2.05, 4.69) is 0 Å². The van der Waals surface area contributed by atoms with E-state index in [1.54, 1.807) is 19.1 Å². The first-order chi connectivity index (χ1) is 9.10.